The monoisotopic (exact) mass is 328 g/mol. The van der Waals surface area contributed by atoms with Crippen molar-refractivity contribution in [2.24, 2.45) is 11.8 Å². The predicted molar refractivity (Wildman–Crippen MR) is 89.0 cm³/mol. The van der Waals surface area contributed by atoms with E-state index in [-0.39, 0.29) is 18.3 Å². The Morgan fingerprint density at radius 2 is 1.78 bits per heavy atom. The Bertz CT molecular complexity index is 368. The molecular formula is C18H32O5. The number of rotatable bonds is 11. The Morgan fingerprint density at radius 3 is 2.43 bits per heavy atom. The van der Waals surface area contributed by atoms with Gasteiger partial charge in [-0.2, -0.15) is 0 Å². The number of aliphatic carboxylic acids is 1. The second kappa shape index (κ2) is 10.8. The van der Waals surface area contributed by atoms with Gasteiger partial charge in [-0.3, -0.25) is 4.79 Å². The van der Waals surface area contributed by atoms with Crippen molar-refractivity contribution < 1.29 is 25.2 Å². The van der Waals surface area contributed by atoms with E-state index >= 15 is 0 Å². The van der Waals surface area contributed by atoms with Gasteiger partial charge in [0.1, 0.15) is 0 Å². The van der Waals surface area contributed by atoms with Crippen molar-refractivity contribution in [3.05, 3.63) is 12.2 Å². The summed E-state index contributed by atoms with van der Waals surface area (Å²) in [6.07, 6.45) is 8.81. The van der Waals surface area contributed by atoms with Gasteiger partial charge in [0.2, 0.25) is 0 Å². The Morgan fingerprint density at radius 1 is 1.13 bits per heavy atom. The molecule has 0 radical (unpaired) electrons. The van der Waals surface area contributed by atoms with Crippen LogP contribution in [-0.2, 0) is 4.79 Å². The van der Waals surface area contributed by atoms with E-state index in [4.69, 9.17) is 5.11 Å². The summed E-state index contributed by atoms with van der Waals surface area (Å²) in [5, 5.41) is 38.4. The molecule has 1 fully saturated rings. The maximum absolute atomic E-state index is 10.4. The van der Waals surface area contributed by atoms with E-state index in [1.807, 2.05) is 13.0 Å². The van der Waals surface area contributed by atoms with Crippen LogP contribution >= 0.6 is 0 Å². The van der Waals surface area contributed by atoms with Gasteiger partial charge in [-0.05, 0) is 18.8 Å². The first-order valence-electron chi connectivity index (χ1n) is 8.90. The lowest BCUT2D eigenvalue weighted by atomic mass is 9.90. The minimum Gasteiger partial charge on any atom is -0.481 e. The van der Waals surface area contributed by atoms with Crippen LogP contribution in [0.2, 0.25) is 0 Å². The van der Waals surface area contributed by atoms with Crippen molar-refractivity contribution in [2.75, 3.05) is 0 Å². The van der Waals surface area contributed by atoms with E-state index in [9.17, 15) is 20.1 Å². The van der Waals surface area contributed by atoms with E-state index in [2.05, 4.69) is 0 Å². The zero-order chi connectivity index (χ0) is 17.2. The molecule has 1 aliphatic rings. The molecule has 0 amide bonds. The summed E-state index contributed by atoms with van der Waals surface area (Å²) < 4.78 is 0. The molecule has 0 unspecified atom stereocenters. The lowest BCUT2D eigenvalue weighted by Gasteiger charge is -2.19. The molecule has 0 heterocycles. The highest BCUT2D eigenvalue weighted by Gasteiger charge is 2.38. The van der Waals surface area contributed by atoms with Gasteiger partial charge < -0.3 is 20.4 Å². The van der Waals surface area contributed by atoms with Crippen molar-refractivity contribution >= 4 is 5.97 Å². The van der Waals surface area contributed by atoms with Gasteiger partial charge in [-0.1, -0.05) is 51.2 Å². The summed E-state index contributed by atoms with van der Waals surface area (Å²) in [5.41, 5.74) is 0. The molecule has 1 aliphatic carbocycles. The van der Waals surface area contributed by atoms with E-state index in [1.165, 1.54) is 0 Å². The Labute approximate surface area is 139 Å². The molecule has 5 nitrogen and oxygen atoms in total. The van der Waals surface area contributed by atoms with Crippen LogP contribution in [0, 0.1) is 11.8 Å². The number of unbranched alkanes of at least 4 members (excludes halogenated alkanes) is 4. The third-order valence-corrected chi connectivity index (χ3v) is 4.83. The molecule has 0 bridgehead atoms. The van der Waals surface area contributed by atoms with Crippen LogP contribution in [0.3, 0.4) is 0 Å². The molecule has 0 aromatic carbocycles. The fraction of sp³-hybridized carbons (Fsp3) is 0.833. The van der Waals surface area contributed by atoms with Gasteiger partial charge in [-0.25, -0.2) is 0 Å². The highest BCUT2D eigenvalue weighted by atomic mass is 16.4. The normalized spacial score (nSPS) is 29.2. The molecule has 134 valence electrons. The molecule has 23 heavy (non-hydrogen) atoms. The first-order chi connectivity index (χ1) is 11.0. The molecule has 0 aromatic rings. The Balaban J connectivity index is 2.18. The lowest BCUT2D eigenvalue weighted by Crippen LogP contribution is -2.20. The number of carboxylic acids is 1. The second-order valence-corrected chi connectivity index (χ2v) is 6.67. The van der Waals surface area contributed by atoms with Gasteiger partial charge in [0, 0.05) is 18.8 Å². The largest absolute Gasteiger partial charge is 0.481 e. The summed E-state index contributed by atoms with van der Waals surface area (Å²) >= 11 is 0. The molecule has 0 saturated heterocycles. The fourth-order valence-electron chi connectivity index (χ4n) is 3.45. The van der Waals surface area contributed by atoms with Crippen LogP contribution < -0.4 is 0 Å². The van der Waals surface area contributed by atoms with Crippen LogP contribution in [0.5, 0.6) is 0 Å². The van der Waals surface area contributed by atoms with Gasteiger partial charge >= 0.3 is 5.97 Å². The van der Waals surface area contributed by atoms with E-state index < -0.39 is 24.3 Å². The topological polar surface area (TPSA) is 98.0 Å². The number of aliphatic hydroxyl groups is 3. The SMILES string of the molecule is CC[C@@H]1[C@H](/C=C/[C@@H](O)CCCCCCCC(=O)O)[C@H](O)C[C@@H]1O. The molecule has 1 rings (SSSR count). The number of hydrogen-bond acceptors (Lipinski definition) is 4. The maximum Gasteiger partial charge on any atom is 0.303 e. The molecular weight excluding hydrogens is 296 g/mol. The minimum absolute atomic E-state index is 0.0688. The van der Waals surface area contributed by atoms with E-state index in [1.54, 1.807) is 6.08 Å². The Kier molecular flexibility index (Phi) is 9.44. The highest BCUT2D eigenvalue weighted by Crippen LogP contribution is 2.35. The summed E-state index contributed by atoms with van der Waals surface area (Å²) in [6.45, 7) is 2.01. The third kappa shape index (κ3) is 7.46. The first kappa shape index (κ1) is 20.1. The molecule has 5 atom stereocenters. The van der Waals surface area contributed by atoms with Crippen LogP contribution in [0.25, 0.3) is 0 Å². The van der Waals surface area contributed by atoms with E-state index in [0.29, 0.717) is 12.8 Å². The average molecular weight is 328 g/mol. The van der Waals surface area contributed by atoms with Crippen LogP contribution in [-0.4, -0.2) is 44.7 Å². The third-order valence-electron chi connectivity index (χ3n) is 4.83. The minimum atomic E-state index is -0.741. The highest BCUT2D eigenvalue weighted by molar-refractivity contribution is 5.66. The number of carboxylic acid groups (broad SMARTS) is 1. The van der Waals surface area contributed by atoms with Crippen molar-refractivity contribution in [1.29, 1.82) is 0 Å². The van der Waals surface area contributed by atoms with Crippen molar-refractivity contribution in [2.45, 2.75) is 83.0 Å². The van der Waals surface area contributed by atoms with Gasteiger partial charge in [0.05, 0.1) is 18.3 Å². The number of hydrogen-bond donors (Lipinski definition) is 4. The summed E-state index contributed by atoms with van der Waals surface area (Å²) in [6, 6.07) is 0. The second-order valence-electron chi connectivity index (χ2n) is 6.67. The molecule has 1 saturated carbocycles. The average Bonchev–Trinajstić information content (AvgIpc) is 2.76. The van der Waals surface area contributed by atoms with Crippen LogP contribution in [0.4, 0.5) is 0 Å². The molecule has 5 heteroatoms. The van der Waals surface area contributed by atoms with Crippen molar-refractivity contribution in [3.63, 3.8) is 0 Å². The molecule has 0 spiro atoms. The number of aliphatic hydroxyl groups excluding tert-OH is 3. The quantitative estimate of drug-likeness (QED) is 0.345. The van der Waals surface area contributed by atoms with Crippen molar-refractivity contribution in [3.8, 4) is 0 Å². The van der Waals surface area contributed by atoms with E-state index in [0.717, 1.165) is 38.5 Å². The summed E-state index contributed by atoms with van der Waals surface area (Å²) in [4.78, 5) is 10.4. The summed E-state index contributed by atoms with van der Waals surface area (Å²) in [5.74, 6) is -0.737. The molecule has 0 aromatic heterocycles. The fourth-order valence-corrected chi connectivity index (χ4v) is 3.45. The Hall–Kier alpha value is -0.910. The number of carbonyl (C=O) groups is 1. The van der Waals surface area contributed by atoms with Gasteiger partial charge in [0.25, 0.3) is 0 Å². The first-order valence-corrected chi connectivity index (χ1v) is 8.90. The van der Waals surface area contributed by atoms with Crippen LogP contribution in [0.1, 0.15) is 64.7 Å². The molecule has 4 N–H and O–H groups in total. The smallest absolute Gasteiger partial charge is 0.303 e. The standard InChI is InChI=1S/C18H32O5/c1-2-14-15(17(21)12-16(14)20)11-10-13(19)8-6-4-3-5-7-9-18(22)23/h10-11,13-17,19-21H,2-9,12H2,1H3,(H,22,23)/b11-10+/t13-,14+,15-,16-,17+/m0/s1. The van der Waals surface area contributed by atoms with Gasteiger partial charge in [0.15, 0.2) is 0 Å². The van der Waals surface area contributed by atoms with Gasteiger partial charge in [-0.15, -0.1) is 0 Å². The zero-order valence-corrected chi connectivity index (χ0v) is 14.1. The zero-order valence-electron chi connectivity index (χ0n) is 14.1. The maximum atomic E-state index is 10.4. The summed E-state index contributed by atoms with van der Waals surface area (Å²) in [7, 11) is 0. The lowest BCUT2D eigenvalue weighted by molar-refractivity contribution is -0.137. The predicted octanol–water partition coefficient (Wildman–Crippen LogP) is 2.49. The van der Waals surface area contributed by atoms with Crippen molar-refractivity contribution in [1.82, 2.24) is 0 Å². The van der Waals surface area contributed by atoms with Crippen LogP contribution in [0.15, 0.2) is 12.2 Å². The molecule has 0 aliphatic heterocycles.